The topological polar surface area (TPSA) is 20.2 Å². The zero-order valence-electron chi connectivity index (χ0n) is 12.8. The van der Waals surface area contributed by atoms with Gasteiger partial charge in [-0.1, -0.05) is 91.0 Å². The number of rotatable bonds is 4. The van der Waals surface area contributed by atoms with Crippen molar-refractivity contribution in [1.29, 1.82) is 0 Å². The van der Waals surface area contributed by atoms with Crippen LogP contribution in [0.1, 0.15) is 0 Å². The highest BCUT2D eigenvalue weighted by molar-refractivity contribution is 7.79. The number of aliphatic hydroxyl groups excluding tert-OH is 1. The average molecular weight is 343 g/mol. The third-order valence-corrected chi connectivity index (χ3v) is 5.74. The molecule has 0 fully saturated rings. The Kier molecular flexibility index (Phi) is 7.83. The van der Waals surface area contributed by atoms with Crippen molar-refractivity contribution in [3.8, 4) is 0 Å². The Balaban J connectivity index is 0.000000433. The fourth-order valence-corrected chi connectivity index (χ4v) is 4.48. The first-order valence-corrected chi connectivity index (χ1v) is 9.36. The first-order valence-electron chi connectivity index (χ1n) is 7.49. The van der Waals surface area contributed by atoms with Crippen LogP contribution >= 0.6 is 19.5 Å². The van der Waals surface area contributed by atoms with E-state index in [0.717, 1.165) is 0 Å². The van der Waals surface area contributed by atoms with Crippen LogP contribution in [0.25, 0.3) is 0 Å². The van der Waals surface area contributed by atoms with Crippen LogP contribution < -0.4 is 15.9 Å². The molecule has 0 atom stereocenters. The van der Waals surface area contributed by atoms with Gasteiger partial charge in [0.15, 0.2) is 0 Å². The van der Waals surface area contributed by atoms with Crippen LogP contribution in [0.15, 0.2) is 91.0 Å². The van der Waals surface area contributed by atoms with E-state index in [4.69, 9.17) is 16.7 Å². The molecular weight excluding hydrogens is 323 g/mol. The Labute approximate surface area is 144 Å². The van der Waals surface area contributed by atoms with Crippen molar-refractivity contribution in [2.75, 3.05) is 12.5 Å². The summed E-state index contributed by atoms with van der Waals surface area (Å²) in [6.07, 6.45) is 0. The van der Waals surface area contributed by atoms with Gasteiger partial charge in [-0.25, -0.2) is 0 Å². The van der Waals surface area contributed by atoms with Crippen LogP contribution in [0.2, 0.25) is 0 Å². The molecule has 0 aliphatic rings. The summed E-state index contributed by atoms with van der Waals surface area (Å²) in [6.45, 7) is 0.0849. The van der Waals surface area contributed by atoms with E-state index in [2.05, 4.69) is 91.0 Å². The second-order valence-corrected chi connectivity index (χ2v) is 7.35. The monoisotopic (exact) mass is 342 g/mol. The van der Waals surface area contributed by atoms with Crippen molar-refractivity contribution in [2.24, 2.45) is 0 Å². The van der Waals surface area contributed by atoms with Crippen molar-refractivity contribution >= 4 is 35.4 Å². The predicted molar refractivity (Wildman–Crippen MR) is 103 cm³/mol. The Morgan fingerprint density at radius 2 is 0.870 bits per heavy atom. The molecule has 0 saturated carbocycles. The summed E-state index contributed by atoms with van der Waals surface area (Å²) < 4.78 is 0. The normalized spacial score (nSPS) is 10.0. The first kappa shape index (κ1) is 17.7. The van der Waals surface area contributed by atoms with Crippen molar-refractivity contribution in [3.05, 3.63) is 91.0 Å². The number of hydrogen-bond donors (Lipinski definition) is 1. The summed E-state index contributed by atoms with van der Waals surface area (Å²) in [5.41, 5.74) is 0. The fraction of sp³-hybridized carbons (Fsp3) is 0.100. The van der Waals surface area contributed by atoms with Gasteiger partial charge in [0.1, 0.15) is 0 Å². The molecule has 0 aromatic heterocycles. The highest BCUT2D eigenvalue weighted by Crippen LogP contribution is 2.32. The van der Waals surface area contributed by atoms with E-state index in [1.54, 1.807) is 0 Å². The van der Waals surface area contributed by atoms with E-state index < -0.39 is 7.92 Å². The Bertz CT molecular complexity index is 563. The SMILES string of the molecule is OCCCl.c1ccc(P(c2ccccc2)c2ccccc2)cc1. The molecule has 3 aromatic carbocycles. The lowest BCUT2D eigenvalue weighted by Crippen LogP contribution is -2.20. The first-order chi connectivity index (χ1) is 11.4. The number of hydrogen-bond acceptors (Lipinski definition) is 1. The number of halogens is 1. The van der Waals surface area contributed by atoms with Gasteiger partial charge in [-0.05, 0) is 23.8 Å². The molecule has 0 aliphatic carbocycles. The maximum absolute atomic E-state index is 7.74. The minimum Gasteiger partial charge on any atom is -0.395 e. The summed E-state index contributed by atoms with van der Waals surface area (Å²) >= 11 is 4.94. The lowest BCUT2D eigenvalue weighted by atomic mass is 10.4. The summed E-state index contributed by atoms with van der Waals surface area (Å²) in [5, 5.41) is 11.9. The van der Waals surface area contributed by atoms with Crippen LogP contribution in [0.4, 0.5) is 0 Å². The summed E-state index contributed by atoms with van der Waals surface area (Å²) in [6, 6.07) is 32.3. The van der Waals surface area contributed by atoms with Crippen LogP contribution in [0, 0.1) is 0 Å². The molecule has 3 aromatic rings. The maximum Gasteiger partial charge on any atom is 0.0566 e. The van der Waals surface area contributed by atoms with Gasteiger partial charge in [0.2, 0.25) is 0 Å². The van der Waals surface area contributed by atoms with Gasteiger partial charge in [-0.3, -0.25) is 0 Å². The molecular formula is C20H20ClOP. The fourth-order valence-electron chi connectivity index (χ4n) is 2.18. The van der Waals surface area contributed by atoms with Gasteiger partial charge in [0, 0.05) is 5.88 Å². The average Bonchev–Trinajstić information content (AvgIpc) is 2.65. The molecule has 0 radical (unpaired) electrons. The number of aliphatic hydroxyl groups is 1. The van der Waals surface area contributed by atoms with Gasteiger partial charge >= 0.3 is 0 Å². The van der Waals surface area contributed by atoms with E-state index in [1.807, 2.05) is 0 Å². The molecule has 118 valence electrons. The van der Waals surface area contributed by atoms with Crippen molar-refractivity contribution in [3.63, 3.8) is 0 Å². The maximum atomic E-state index is 7.74. The predicted octanol–water partition coefficient (Wildman–Crippen LogP) is 3.66. The molecule has 0 saturated heterocycles. The largest absolute Gasteiger partial charge is 0.395 e. The second kappa shape index (κ2) is 10.2. The van der Waals surface area contributed by atoms with Gasteiger partial charge in [-0.15, -0.1) is 11.6 Å². The van der Waals surface area contributed by atoms with E-state index >= 15 is 0 Å². The Hall–Kier alpha value is -1.66. The second-order valence-electron chi connectivity index (χ2n) is 4.75. The van der Waals surface area contributed by atoms with Crippen LogP contribution in [-0.4, -0.2) is 17.6 Å². The molecule has 3 rings (SSSR count). The lowest BCUT2D eigenvalue weighted by Gasteiger charge is -2.18. The zero-order chi connectivity index (χ0) is 16.3. The zero-order valence-corrected chi connectivity index (χ0v) is 14.5. The van der Waals surface area contributed by atoms with E-state index in [-0.39, 0.29) is 6.61 Å². The van der Waals surface area contributed by atoms with Crippen molar-refractivity contribution in [1.82, 2.24) is 0 Å². The molecule has 0 amide bonds. The van der Waals surface area contributed by atoms with Gasteiger partial charge in [0.05, 0.1) is 6.61 Å². The van der Waals surface area contributed by atoms with Crippen LogP contribution in [-0.2, 0) is 0 Å². The number of benzene rings is 3. The van der Waals surface area contributed by atoms with Gasteiger partial charge < -0.3 is 5.11 Å². The minimum absolute atomic E-state index is 0.0849. The molecule has 1 N–H and O–H groups in total. The minimum atomic E-state index is -0.446. The highest BCUT2D eigenvalue weighted by atomic mass is 35.5. The van der Waals surface area contributed by atoms with Crippen molar-refractivity contribution in [2.45, 2.75) is 0 Å². The van der Waals surface area contributed by atoms with E-state index in [9.17, 15) is 0 Å². The highest BCUT2D eigenvalue weighted by Gasteiger charge is 2.14. The summed E-state index contributed by atoms with van der Waals surface area (Å²) in [5.74, 6) is 0.347. The quantitative estimate of drug-likeness (QED) is 0.566. The van der Waals surface area contributed by atoms with Crippen LogP contribution in [0.3, 0.4) is 0 Å². The third-order valence-electron chi connectivity index (χ3n) is 3.13. The molecule has 3 heteroatoms. The van der Waals surface area contributed by atoms with E-state index in [0.29, 0.717) is 5.88 Å². The third kappa shape index (κ3) is 5.48. The number of alkyl halides is 1. The lowest BCUT2D eigenvalue weighted by molar-refractivity contribution is 0.321. The molecule has 0 unspecified atom stereocenters. The Morgan fingerprint density at radius 3 is 1.09 bits per heavy atom. The van der Waals surface area contributed by atoms with Gasteiger partial charge in [-0.2, -0.15) is 0 Å². The Morgan fingerprint density at radius 1 is 0.609 bits per heavy atom. The standard InChI is InChI=1S/C18H15P.C2H5ClO/c1-4-10-16(11-5-1)19(17-12-6-2-7-13-17)18-14-8-3-9-15-18;3-1-2-4/h1-15H;4H,1-2H2. The van der Waals surface area contributed by atoms with Crippen LogP contribution in [0.5, 0.6) is 0 Å². The summed E-state index contributed by atoms with van der Waals surface area (Å²) in [4.78, 5) is 0. The molecule has 1 nitrogen and oxygen atoms in total. The van der Waals surface area contributed by atoms with Gasteiger partial charge in [0.25, 0.3) is 0 Å². The molecule has 0 heterocycles. The molecule has 0 bridgehead atoms. The molecule has 0 spiro atoms. The molecule has 0 aliphatic heterocycles. The van der Waals surface area contributed by atoms with E-state index in [1.165, 1.54) is 15.9 Å². The molecule has 23 heavy (non-hydrogen) atoms. The smallest absolute Gasteiger partial charge is 0.0566 e. The van der Waals surface area contributed by atoms with Crippen molar-refractivity contribution < 1.29 is 5.11 Å². The summed E-state index contributed by atoms with van der Waals surface area (Å²) in [7, 11) is -0.446.